The third-order valence-electron chi connectivity index (χ3n) is 2.80. The molecule has 0 radical (unpaired) electrons. The monoisotopic (exact) mass is 173 g/mol. The second-order valence-electron chi connectivity index (χ2n) is 3.69. The van der Waals surface area contributed by atoms with Crippen molar-refractivity contribution >= 4 is 11.8 Å². The van der Waals surface area contributed by atoms with Crippen LogP contribution in [-0.4, -0.2) is 18.1 Å². The van der Waals surface area contributed by atoms with Gasteiger partial charge in [-0.25, -0.2) is 0 Å². The largest absolute Gasteiger partial charge is 0.330 e. The summed E-state index contributed by atoms with van der Waals surface area (Å²) in [4.78, 5) is 0. The predicted molar refractivity (Wildman–Crippen MR) is 52.9 cm³/mol. The summed E-state index contributed by atoms with van der Waals surface area (Å²) in [6.07, 6.45) is 6.33. The van der Waals surface area contributed by atoms with Crippen LogP contribution < -0.4 is 5.73 Å². The SMILES string of the molecule is CSC1CC(C)CCC1CN. The second kappa shape index (κ2) is 4.36. The highest BCUT2D eigenvalue weighted by Crippen LogP contribution is 2.34. The molecule has 0 bridgehead atoms. The summed E-state index contributed by atoms with van der Waals surface area (Å²) in [6.45, 7) is 3.24. The van der Waals surface area contributed by atoms with E-state index in [0.29, 0.717) is 0 Å². The Balaban J connectivity index is 2.41. The Labute approximate surface area is 74.1 Å². The minimum Gasteiger partial charge on any atom is -0.330 e. The van der Waals surface area contributed by atoms with Crippen LogP contribution >= 0.6 is 11.8 Å². The van der Waals surface area contributed by atoms with Gasteiger partial charge in [-0.05, 0) is 37.5 Å². The van der Waals surface area contributed by atoms with Gasteiger partial charge in [0.25, 0.3) is 0 Å². The molecule has 2 heteroatoms. The summed E-state index contributed by atoms with van der Waals surface area (Å²) in [5.74, 6) is 1.72. The van der Waals surface area contributed by atoms with Gasteiger partial charge < -0.3 is 5.73 Å². The highest BCUT2D eigenvalue weighted by molar-refractivity contribution is 7.99. The first-order valence-corrected chi connectivity index (χ1v) is 5.79. The van der Waals surface area contributed by atoms with Crippen molar-refractivity contribution in [2.24, 2.45) is 17.6 Å². The lowest BCUT2D eigenvalue weighted by atomic mass is 9.82. The highest BCUT2D eigenvalue weighted by Gasteiger charge is 2.26. The van der Waals surface area contributed by atoms with Gasteiger partial charge in [0.05, 0.1) is 0 Å². The van der Waals surface area contributed by atoms with Crippen molar-refractivity contribution in [1.82, 2.24) is 0 Å². The van der Waals surface area contributed by atoms with Gasteiger partial charge >= 0.3 is 0 Å². The third kappa shape index (κ3) is 2.38. The van der Waals surface area contributed by atoms with Crippen LogP contribution in [0.5, 0.6) is 0 Å². The fraction of sp³-hybridized carbons (Fsp3) is 1.00. The van der Waals surface area contributed by atoms with Crippen LogP contribution in [0.2, 0.25) is 0 Å². The van der Waals surface area contributed by atoms with Gasteiger partial charge in [0, 0.05) is 5.25 Å². The van der Waals surface area contributed by atoms with E-state index in [1.807, 2.05) is 11.8 Å². The molecule has 3 atom stereocenters. The first-order chi connectivity index (χ1) is 5.27. The molecule has 0 spiro atoms. The van der Waals surface area contributed by atoms with E-state index in [1.54, 1.807) is 0 Å². The molecule has 11 heavy (non-hydrogen) atoms. The van der Waals surface area contributed by atoms with E-state index in [-0.39, 0.29) is 0 Å². The normalized spacial score (nSPS) is 39.0. The summed E-state index contributed by atoms with van der Waals surface area (Å²) >= 11 is 2.00. The standard InChI is InChI=1S/C9H19NS/c1-7-3-4-8(6-10)9(5-7)11-2/h7-9H,3-6,10H2,1-2H3. The minimum absolute atomic E-state index is 0.793. The van der Waals surface area contributed by atoms with Crippen molar-refractivity contribution in [3.63, 3.8) is 0 Å². The molecule has 0 amide bonds. The van der Waals surface area contributed by atoms with Gasteiger partial charge in [-0.3, -0.25) is 0 Å². The zero-order valence-corrected chi connectivity index (χ0v) is 8.36. The molecule has 1 rings (SSSR count). The Morgan fingerprint density at radius 3 is 2.73 bits per heavy atom. The maximum Gasteiger partial charge on any atom is 0.00871 e. The van der Waals surface area contributed by atoms with E-state index in [9.17, 15) is 0 Å². The summed E-state index contributed by atoms with van der Waals surface area (Å²) in [5.41, 5.74) is 5.70. The Hall–Kier alpha value is 0.310. The first-order valence-electron chi connectivity index (χ1n) is 4.50. The van der Waals surface area contributed by atoms with E-state index in [4.69, 9.17) is 5.73 Å². The first kappa shape index (κ1) is 9.40. The maximum atomic E-state index is 5.70. The van der Waals surface area contributed by atoms with Crippen LogP contribution in [0.4, 0.5) is 0 Å². The molecule has 0 heterocycles. The van der Waals surface area contributed by atoms with E-state index >= 15 is 0 Å². The molecule has 0 aromatic carbocycles. The molecule has 2 N–H and O–H groups in total. The lowest BCUT2D eigenvalue weighted by Gasteiger charge is -2.32. The van der Waals surface area contributed by atoms with E-state index in [2.05, 4.69) is 13.2 Å². The fourth-order valence-corrected chi connectivity index (χ4v) is 3.10. The molecule has 1 fully saturated rings. The van der Waals surface area contributed by atoms with Crippen molar-refractivity contribution in [2.45, 2.75) is 31.4 Å². The Morgan fingerprint density at radius 2 is 2.18 bits per heavy atom. The minimum atomic E-state index is 0.793. The summed E-state index contributed by atoms with van der Waals surface area (Å²) in [7, 11) is 0. The number of rotatable bonds is 2. The zero-order chi connectivity index (χ0) is 8.27. The summed E-state index contributed by atoms with van der Waals surface area (Å²) in [5, 5.41) is 0.837. The third-order valence-corrected chi connectivity index (χ3v) is 3.98. The second-order valence-corrected chi connectivity index (χ2v) is 4.77. The molecule has 0 aliphatic heterocycles. The maximum absolute atomic E-state index is 5.70. The van der Waals surface area contributed by atoms with Crippen molar-refractivity contribution in [1.29, 1.82) is 0 Å². The van der Waals surface area contributed by atoms with Crippen LogP contribution in [0.3, 0.4) is 0 Å². The van der Waals surface area contributed by atoms with Gasteiger partial charge in [0.2, 0.25) is 0 Å². The fourth-order valence-electron chi connectivity index (χ4n) is 1.95. The molecule has 3 unspecified atom stereocenters. The molecule has 0 saturated heterocycles. The highest BCUT2D eigenvalue weighted by atomic mass is 32.2. The van der Waals surface area contributed by atoms with E-state index < -0.39 is 0 Å². The van der Waals surface area contributed by atoms with Crippen LogP contribution in [-0.2, 0) is 0 Å². The molecule has 1 aliphatic carbocycles. The average Bonchev–Trinajstić information content (AvgIpc) is 2.04. The molecular formula is C9H19NS. The Bertz CT molecular complexity index is 116. The predicted octanol–water partition coefficient (Wildman–Crippen LogP) is 2.11. The van der Waals surface area contributed by atoms with Crippen LogP contribution in [0, 0.1) is 11.8 Å². The quantitative estimate of drug-likeness (QED) is 0.692. The van der Waals surface area contributed by atoms with Crippen LogP contribution in [0.1, 0.15) is 26.2 Å². The van der Waals surface area contributed by atoms with Crippen molar-refractivity contribution in [2.75, 3.05) is 12.8 Å². The van der Waals surface area contributed by atoms with Crippen molar-refractivity contribution < 1.29 is 0 Å². The zero-order valence-electron chi connectivity index (χ0n) is 7.55. The van der Waals surface area contributed by atoms with Crippen molar-refractivity contribution in [3.8, 4) is 0 Å². The molecule has 66 valence electrons. The molecule has 1 nitrogen and oxygen atoms in total. The Kier molecular flexibility index (Phi) is 3.73. The molecular weight excluding hydrogens is 154 g/mol. The number of nitrogens with two attached hydrogens (primary N) is 1. The summed E-state index contributed by atoms with van der Waals surface area (Å²) < 4.78 is 0. The smallest absolute Gasteiger partial charge is 0.00871 e. The lowest BCUT2D eigenvalue weighted by Crippen LogP contribution is -2.31. The summed E-state index contributed by atoms with van der Waals surface area (Å²) in [6, 6.07) is 0. The number of hydrogen-bond acceptors (Lipinski definition) is 2. The number of thioether (sulfide) groups is 1. The molecule has 1 saturated carbocycles. The average molecular weight is 173 g/mol. The van der Waals surface area contributed by atoms with Gasteiger partial charge in [-0.1, -0.05) is 13.3 Å². The Morgan fingerprint density at radius 1 is 1.45 bits per heavy atom. The van der Waals surface area contributed by atoms with Gasteiger partial charge in [0.15, 0.2) is 0 Å². The van der Waals surface area contributed by atoms with Crippen molar-refractivity contribution in [3.05, 3.63) is 0 Å². The van der Waals surface area contributed by atoms with E-state index in [0.717, 1.165) is 23.6 Å². The topological polar surface area (TPSA) is 26.0 Å². The van der Waals surface area contributed by atoms with Crippen LogP contribution in [0.15, 0.2) is 0 Å². The van der Waals surface area contributed by atoms with Gasteiger partial charge in [-0.2, -0.15) is 11.8 Å². The van der Waals surface area contributed by atoms with E-state index in [1.165, 1.54) is 19.3 Å². The van der Waals surface area contributed by atoms with Gasteiger partial charge in [-0.15, -0.1) is 0 Å². The molecule has 1 aliphatic rings. The van der Waals surface area contributed by atoms with Gasteiger partial charge in [0.1, 0.15) is 0 Å². The molecule has 0 aromatic rings. The number of hydrogen-bond donors (Lipinski definition) is 1. The van der Waals surface area contributed by atoms with Crippen LogP contribution in [0.25, 0.3) is 0 Å². The molecule has 0 aromatic heterocycles. The lowest BCUT2D eigenvalue weighted by molar-refractivity contribution is 0.306.